The second-order valence-electron chi connectivity index (χ2n) is 7.15. The Kier molecular flexibility index (Phi) is 2.81. The van der Waals surface area contributed by atoms with Crippen LogP contribution in [-0.4, -0.2) is 37.1 Å². The molecule has 1 aromatic rings. The number of para-hydroxylation sites is 1. The minimum Gasteiger partial charge on any atom is -0.369 e. The molecular formula is C17H23FN2. The van der Waals surface area contributed by atoms with Gasteiger partial charge in [-0.15, -0.1) is 0 Å². The molecule has 4 rings (SSSR count). The summed E-state index contributed by atoms with van der Waals surface area (Å²) < 4.78 is 13.8. The number of benzene rings is 1. The van der Waals surface area contributed by atoms with Crippen LogP contribution in [0.15, 0.2) is 24.3 Å². The number of piperidine rings is 2. The fraction of sp³-hybridized carbons (Fsp3) is 0.647. The zero-order valence-corrected chi connectivity index (χ0v) is 12.2. The van der Waals surface area contributed by atoms with Crippen molar-refractivity contribution in [1.82, 2.24) is 4.90 Å². The lowest BCUT2D eigenvalue weighted by Gasteiger charge is -2.38. The smallest absolute Gasteiger partial charge is 0.146 e. The topological polar surface area (TPSA) is 6.48 Å². The maximum atomic E-state index is 13.8. The molecule has 108 valence electrons. The van der Waals surface area contributed by atoms with Crippen LogP contribution in [0, 0.1) is 17.2 Å². The molecule has 2 unspecified atom stereocenters. The molecule has 2 saturated heterocycles. The molecule has 0 radical (unpaired) electrons. The van der Waals surface area contributed by atoms with E-state index in [-0.39, 0.29) is 5.82 Å². The molecule has 0 bridgehead atoms. The molecule has 2 atom stereocenters. The number of nitrogens with zero attached hydrogens (tertiary/aromatic N) is 2. The van der Waals surface area contributed by atoms with Gasteiger partial charge >= 0.3 is 0 Å². The first-order valence-electron chi connectivity index (χ1n) is 7.89. The van der Waals surface area contributed by atoms with Crippen molar-refractivity contribution in [1.29, 1.82) is 0 Å². The summed E-state index contributed by atoms with van der Waals surface area (Å²) in [6.45, 7) is 7.02. The van der Waals surface area contributed by atoms with E-state index in [1.807, 2.05) is 12.1 Å². The third kappa shape index (κ3) is 2.03. The summed E-state index contributed by atoms with van der Waals surface area (Å²) in [5.74, 6) is 0.882. The lowest BCUT2D eigenvalue weighted by Crippen LogP contribution is -2.45. The summed E-state index contributed by atoms with van der Waals surface area (Å²) in [7, 11) is 0. The van der Waals surface area contributed by atoms with Crippen molar-refractivity contribution in [2.45, 2.75) is 32.2 Å². The first-order valence-corrected chi connectivity index (χ1v) is 7.89. The van der Waals surface area contributed by atoms with Crippen LogP contribution in [0.2, 0.25) is 0 Å². The molecule has 3 aliphatic rings. The molecule has 1 aliphatic carbocycles. The molecule has 20 heavy (non-hydrogen) atoms. The molecule has 0 aromatic heterocycles. The lowest BCUT2D eigenvalue weighted by atomic mass is 10.0. The van der Waals surface area contributed by atoms with Crippen LogP contribution in [0.5, 0.6) is 0 Å². The van der Waals surface area contributed by atoms with E-state index in [4.69, 9.17) is 0 Å². The van der Waals surface area contributed by atoms with Crippen LogP contribution in [0.4, 0.5) is 10.1 Å². The van der Waals surface area contributed by atoms with Gasteiger partial charge in [0.25, 0.3) is 0 Å². The van der Waals surface area contributed by atoms with Crippen molar-refractivity contribution in [3.8, 4) is 0 Å². The Morgan fingerprint density at radius 3 is 2.60 bits per heavy atom. The largest absolute Gasteiger partial charge is 0.369 e. The molecule has 3 heteroatoms. The van der Waals surface area contributed by atoms with Gasteiger partial charge in [-0.2, -0.15) is 0 Å². The highest BCUT2D eigenvalue weighted by molar-refractivity contribution is 5.47. The lowest BCUT2D eigenvalue weighted by molar-refractivity contribution is 0.178. The second-order valence-corrected chi connectivity index (χ2v) is 7.15. The van der Waals surface area contributed by atoms with Gasteiger partial charge in [0.05, 0.1) is 5.69 Å². The third-order valence-electron chi connectivity index (χ3n) is 5.73. The normalized spacial score (nSPS) is 34.3. The minimum atomic E-state index is -0.0825. The zero-order valence-electron chi connectivity index (χ0n) is 12.2. The number of halogens is 1. The van der Waals surface area contributed by atoms with Gasteiger partial charge in [0.2, 0.25) is 0 Å². The second kappa shape index (κ2) is 4.45. The number of hydrogen-bond donors (Lipinski definition) is 0. The molecule has 0 spiro atoms. The Labute approximate surface area is 120 Å². The number of likely N-dealkylation sites (tertiary alicyclic amines) is 1. The quantitative estimate of drug-likeness (QED) is 0.817. The predicted molar refractivity (Wildman–Crippen MR) is 79.4 cm³/mol. The van der Waals surface area contributed by atoms with E-state index in [9.17, 15) is 4.39 Å². The predicted octanol–water partition coefficient (Wildman–Crippen LogP) is 3.14. The fourth-order valence-electron chi connectivity index (χ4n) is 4.25. The number of hydrogen-bond acceptors (Lipinski definition) is 2. The maximum absolute atomic E-state index is 13.8. The van der Waals surface area contributed by atoms with Gasteiger partial charge in [-0.1, -0.05) is 19.1 Å². The molecule has 3 fully saturated rings. The Hall–Kier alpha value is -1.09. The molecule has 1 saturated carbocycles. The van der Waals surface area contributed by atoms with Gasteiger partial charge in [0.15, 0.2) is 0 Å². The average molecular weight is 274 g/mol. The van der Waals surface area contributed by atoms with E-state index in [1.54, 1.807) is 12.1 Å². The van der Waals surface area contributed by atoms with E-state index >= 15 is 0 Å². The molecular weight excluding hydrogens is 251 g/mol. The third-order valence-corrected chi connectivity index (χ3v) is 5.73. The summed E-state index contributed by atoms with van der Waals surface area (Å²) in [5, 5.41) is 0. The van der Waals surface area contributed by atoms with Crippen molar-refractivity contribution < 1.29 is 4.39 Å². The number of fused-ring (bicyclic) bond motifs is 1. The summed E-state index contributed by atoms with van der Waals surface area (Å²) >= 11 is 0. The molecule has 2 aliphatic heterocycles. The van der Waals surface area contributed by atoms with E-state index in [0.717, 1.165) is 30.7 Å². The van der Waals surface area contributed by atoms with E-state index in [1.165, 1.54) is 32.4 Å². The molecule has 0 amide bonds. The highest BCUT2D eigenvalue weighted by Gasteiger charge is 2.57. The highest BCUT2D eigenvalue weighted by Crippen LogP contribution is 2.57. The Morgan fingerprint density at radius 2 is 1.95 bits per heavy atom. The Bertz CT molecular complexity index is 509. The van der Waals surface area contributed by atoms with Crippen LogP contribution in [0.3, 0.4) is 0 Å². The van der Waals surface area contributed by atoms with Gasteiger partial charge in [-0.25, -0.2) is 4.39 Å². The maximum Gasteiger partial charge on any atom is 0.146 e. The fourth-order valence-corrected chi connectivity index (χ4v) is 4.25. The van der Waals surface area contributed by atoms with Crippen molar-refractivity contribution in [3.05, 3.63) is 30.1 Å². The summed E-state index contributed by atoms with van der Waals surface area (Å²) in [5.41, 5.74) is 1.42. The van der Waals surface area contributed by atoms with E-state index < -0.39 is 0 Å². The average Bonchev–Trinajstić information content (AvgIpc) is 2.97. The van der Waals surface area contributed by atoms with Crippen LogP contribution in [0.1, 0.15) is 26.2 Å². The minimum absolute atomic E-state index is 0.0825. The van der Waals surface area contributed by atoms with Gasteiger partial charge in [0, 0.05) is 32.2 Å². The molecule has 0 N–H and O–H groups in total. The van der Waals surface area contributed by atoms with Gasteiger partial charge in [0.1, 0.15) is 5.82 Å². The van der Waals surface area contributed by atoms with Crippen LogP contribution in [0.25, 0.3) is 0 Å². The van der Waals surface area contributed by atoms with Gasteiger partial charge < -0.3 is 4.90 Å². The molecule has 1 aromatic carbocycles. The summed E-state index contributed by atoms with van der Waals surface area (Å²) in [6.07, 6.45) is 3.80. The number of anilines is 1. The first kappa shape index (κ1) is 12.6. The monoisotopic (exact) mass is 274 g/mol. The van der Waals surface area contributed by atoms with Crippen LogP contribution >= 0.6 is 0 Å². The SMILES string of the molecule is CC12CC1CN(C1CCN(c3ccccc3F)CC1)C2. The molecule has 2 heterocycles. The number of rotatable bonds is 2. The Balaban J connectivity index is 1.38. The zero-order chi connectivity index (χ0) is 13.7. The van der Waals surface area contributed by atoms with Crippen LogP contribution < -0.4 is 4.90 Å². The summed E-state index contributed by atoms with van der Waals surface area (Å²) in [6, 6.07) is 7.89. The highest BCUT2D eigenvalue weighted by atomic mass is 19.1. The molecule has 2 nitrogen and oxygen atoms in total. The van der Waals surface area contributed by atoms with Crippen molar-refractivity contribution in [2.24, 2.45) is 11.3 Å². The first-order chi connectivity index (χ1) is 9.66. The van der Waals surface area contributed by atoms with Crippen molar-refractivity contribution >= 4 is 5.69 Å². The Morgan fingerprint density at radius 1 is 1.20 bits per heavy atom. The van der Waals surface area contributed by atoms with Crippen LogP contribution in [-0.2, 0) is 0 Å². The van der Waals surface area contributed by atoms with Gasteiger partial charge in [-0.05, 0) is 42.7 Å². The van der Waals surface area contributed by atoms with Gasteiger partial charge in [-0.3, -0.25) is 4.90 Å². The standard InChI is InChI=1S/C17H23FN2/c1-17-10-13(17)11-20(12-17)14-6-8-19(9-7-14)16-5-3-2-4-15(16)18/h2-5,13-14H,6-12H2,1H3. The van der Waals surface area contributed by atoms with Crippen molar-refractivity contribution in [2.75, 3.05) is 31.1 Å². The summed E-state index contributed by atoms with van der Waals surface area (Å²) in [4.78, 5) is 4.91. The van der Waals surface area contributed by atoms with Crippen molar-refractivity contribution in [3.63, 3.8) is 0 Å². The van der Waals surface area contributed by atoms with E-state index in [2.05, 4.69) is 16.7 Å². The van der Waals surface area contributed by atoms with E-state index in [0.29, 0.717) is 5.41 Å².